The fourth-order valence-corrected chi connectivity index (χ4v) is 3.03. The Hall–Kier alpha value is -2.35. The van der Waals surface area contributed by atoms with Crippen LogP contribution in [0.2, 0.25) is 0 Å². The summed E-state index contributed by atoms with van der Waals surface area (Å²) < 4.78 is 13.7. The Morgan fingerprint density at radius 3 is 2.85 bits per heavy atom. The van der Waals surface area contributed by atoms with E-state index in [4.69, 9.17) is 0 Å². The zero-order valence-electron chi connectivity index (χ0n) is 11.0. The maximum atomic E-state index is 13.7. The van der Waals surface area contributed by atoms with Gasteiger partial charge in [-0.05, 0) is 35.6 Å². The van der Waals surface area contributed by atoms with Crippen molar-refractivity contribution in [3.05, 3.63) is 76.7 Å². The highest BCUT2D eigenvalue weighted by Crippen LogP contribution is 2.29. The van der Waals surface area contributed by atoms with Crippen molar-refractivity contribution in [3.8, 4) is 0 Å². The number of nitrogens with one attached hydrogen (secondary N) is 1. The molecule has 0 aliphatic heterocycles. The fourth-order valence-electron chi connectivity index (χ4n) is 3.03. The lowest BCUT2D eigenvalue weighted by molar-refractivity contribution is 0.637. The fraction of sp³-hybridized carbons (Fsp3) is 0.111. The Labute approximate surface area is 116 Å². The molecule has 0 amide bonds. The summed E-state index contributed by atoms with van der Waals surface area (Å²) in [5.41, 5.74) is 5.86. The molecule has 0 radical (unpaired) electrons. The van der Waals surface area contributed by atoms with Crippen LogP contribution in [0.25, 0.3) is 17.0 Å². The average molecular weight is 263 g/mol. The van der Waals surface area contributed by atoms with Gasteiger partial charge in [0.15, 0.2) is 0 Å². The Morgan fingerprint density at radius 2 is 1.95 bits per heavy atom. The summed E-state index contributed by atoms with van der Waals surface area (Å²) in [7, 11) is 0. The minimum Gasteiger partial charge on any atom is -0.359 e. The molecule has 0 atom stereocenters. The van der Waals surface area contributed by atoms with Crippen LogP contribution in [-0.4, -0.2) is 4.98 Å². The number of rotatable bonds is 2. The lowest BCUT2D eigenvalue weighted by Gasteiger charge is -2.01. The van der Waals surface area contributed by atoms with Crippen molar-refractivity contribution in [3.63, 3.8) is 0 Å². The first kappa shape index (κ1) is 11.5. The third kappa shape index (κ3) is 1.76. The zero-order valence-corrected chi connectivity index (χ0v) is 11.0. The van der Waals surface area contributed by atoms with E-state index in [0.29, 0.717) is 5.52 Å². The first-order valence-corrected chi connectivity index (χ1v) is 6.83. The molecule has 0 spiro atoms. The van der Waals surface area contributed by atoms with E-state index in [1.54, 1.807) is 6.07 Å². The van der Waals surface area contributed by atoms with Crippen LogP contribution < -0.4 is 0 Å². The smallest absolute Gasteiger partial charge is 0.147 e. The second-order valence-corrected chi connectivity index (χ2v) is 5.33. The van der Waals surface area contributed by atoms with Crippen molar-refractivity contribution in [1.29, 1.82) is 0 Å². The van der Waals surface area contributed by atoms with Gasteiger partial charge in [-0.1, -0.05) is 48.0 Å². The number of benzene rings is 2. The predicted octanol–water partition coefficient (Wildman–Crippen LogP) is 4.49. The summed E-state index contributed by atoms with van der Waals surface area (Å²) in [5.74, 6) is -0.183. The van der Waals surface area contributed by atoms with E-state index in [9.17, 15) is 4.39 Å². The van der Waals surface area contributed by atoms with Crippen molar-refractivity contribution < 1.29 is 4.39 Å². The van der Waals surface area contributed by atoms with Gasteiger partial charge in [0.1, 0.15) is 5.82 Å². The number of fused-ring (bicyclic) bond motifs is 2. The Kier molecular flexibility index (Phi) is 2.49. The van der Waals surface area contributed by atoms with Gasteiger partial charge in [0.25, 0.3) is 0 Å². The Bertz CT molecular complexity index is 826. The molecule has 2 aromatic carbocycles. The molecule has 0 saturated heterocycles. The molecule has 0 fully saturated rings. The van der Waals surface area contributed by atoms with Gasteiger partial charge in [0.05, 0.1) is 5.52 Å². The minimum absolute atomic E-state index is 0.183. The van der Waals surface area contributed by atoms with Crippen LogP contribution in [0, 0.1) is 5.82 Å². The largest absolute Gasteiger partial charge is 0.359 e. The SMILES string of the molecule is Fc1cccc2c(CC3=Cc4ccccc4C3)c[nH]c12. The molecule has 20 heavy (non-hydrogen) atoms. The van der Waals surface area contributed by atoms with Crippen LogP contribution in [0.4, 0.5) is 4.39 Å². The Morgan fingerprint density at radius 1 is 1.05 bits per heavy atom. The van der Waals surface area contributed by atoms with Crippen LogP contribution in [0.3, 0.4) is 0 Å². The highest BCUT2D eigenvalue weighted by atomic mass is 19.1. The van der Waals surface area contributed by atoms with E-state index in [1.807, 2.05) is 12.3 Å². The summed E-state index contributed by atoms with van der Waals surface area (Å²) in [6, 6.07) is 13.7. The normalized spacial score (nSPS) is 13.6. The number of H-pyrrole nitrogens is 1. The molecule has 98 valence electrons. The number of aromatic amines is 1. The zero-order chi connectivity index (χ0) is 13.5. The van der Waals surface area contributed by atoms with Gasteiger partial charge < -0.3 is 4.98 Å². The summed E-state index contributed by atoms with van der Waals surface area (Å²) in [5, 5.41) is 0.988. The second-order valence-electron chi connectivity index (χ2n) is 5.33. The minimum atomic E-state index is -0.183. The molecule has 1 heterocycles. The highest BCUT2D eigenvalue weighted by Gasteiger charge is 2.14. The molecule has 0 unspecified atom stereocenters. The van der Waals surface area contributed by atoms with Gasteiger partial charge >= 0.3 is 0 Å². The van der Waals surface area contributed by atoms with Gasteiger partial charge in [-0.2, -0.15) is 0 Å². The topological polar surface area (TPSA) is 15.8 Å². The van der Waals surface area contributed by atoms with Gasteiger partial charge in [0, 0.05) is 11.6 Å². The highest BCUT2D eigenvalue weighted by molar-refractivity contribution is 5.84. The van der Waals surface area contributed by atoms with E-state index in [0.717, 1.165) is 18.2 Å². The molecular weight excluding hydrogens is 249 g/mol. The van der Waals surface area contributed by atoms with E-state index in [-0.39, 0.29) is 5.82 Å². The number of aromatic nitrogens is 1. The van der Waals surface area contributed by atoms with Crippen molar-refractivity contribution in [1.82, 2.24) is 4.98 Å². The molecule has 1 aliphatic carbocycles. The average Bonchev–Trinajstić information content (AvgIpc) is 3.04. The number of hydrogen-bond donors (Lipinski definition) is 1. The van der Waals surface area contributed by atoms with Gasteiger partial charge in [-0.25, -0.2) is 4.39 Å². The standard InChI is InChI=1S/C18H14FN/c19-17-7-3-6-16-15(11-20-18(16)17)10-12-8-13-4-1-2-5-14(13)9-12/h1-8,11,20H,9-10H2. The molecule has 1 N–H and O–H groups in total. The van der Waals surface area contributed by atoms with E-state index in [2.05, 4.69) is 35.3 Å². The van der Waals surface area contributed by atoms with Crippen LogP contribution in [-0.2, 0) is 12.8 Å². The van der Waals surface area contributed by atoms with Crippen LogP contribution in [0.5, 0.6) is 0 Å². The van der Waals surface area contributed by atoms with Crippen LogP contribution in [0.1, 0.15) is 16.7 Å². The summed E-state index contributed by atoms with van der Waals surface area (Å²) in [6.45, 7) is 0. The van der Waals surface area contributed by atoms with Crippen LogP contribution >= 0.6 is 0 Å². The summed E-state index contributed by atoms with van der Waals surface area (Å²) in [6.07, 6.45) is 6.06. The second kappa shape index (κ2) is 4.34. The number of hydrogen-bond acceptors (Lipinski definition) is 0. The maximum Gasteiger partial charge on any atom is 0.147 e. The van der Waals surface area contributed by atoms with Gasteiger partial charge in [-0.15, -0.1) is 0 Å². The van der Waals surface area contributed by atoms with Crippen molar-refractivity contribution in [2.75, 3.05) is 0 Å². The number of para-hydroxylation sites is 1. The Balaban J connectivity index is 1.69. The van der Waals surface area contributed by atoms with Gasteiger partial charge in [-0.3, -0.25) is 0 Å². The third-order valence-electron chi connectivity index (χ3n) is 4.00. The lowest BCUT2D eigenvalue weighted by atomic mass is 10.0. The lowest BCUT2D eigenvalue weighted by Crippen LogP contribution is -1.90. The van der Waals surface area contributed by atoms with E-state index >= 15 is 0 Å². The third-order valence-corrected chi connectivity index (χ3v) is 4.00. The van der Waals surface area contributed by atoms with Crippen molar-refractivity contribution in [2.45, 2.75) is 12.8 Å². The molecule has 2 heteroatoms. The first-order valence-electron chi connectivity index (χ1n) is 6.83. The summed E-state index contributed by atoms with van der Waals surface area (Å²) in [4.78, 5) is 3.05. The molecular formula is C18H14FN. The molecule has 1 aliphatic rings. The predicted molar refractivity (Wildman–Crippen MR) is 80.1 cm³/mol. The number of halogens is 1. The molecule has 4 rings (SSSR count). The quantitative estimate of drug-likeness (QED) is 0.701. The molecule has 3 aromatic rings. The molecule has 1 nitrogen and oxygen atoms in total. The van der Waals surface area contributed by atoms with E-state index < -0.39 is 0 Å². The van der Waals surface area contributed by atoms with Gasteiger partial charge in [0.2, 0.25) is 0 Å². The summed E-state index contributed by atoms with van der Waals surface area (Å²) >= 11 is 0. The monoisotopic (exact) mass is 263 g/mol. The van der Waals surface area contributed by atoms with E-state index in [1.165, 1.54) is 28.3 Å². The van der Waals surface area contributed by atoms with Crippen molar-refractivity contribution in [2.24, 2.45) is 0 Å². The molecule has 0 saturated carbocycles. The molecule has 1 aromatic heterocycles. The first-order chi connectivity index (χ1) is 9.81. The molecule has 0 bridgehead atoms. The van der Waals surface area contributed by atoms with Crippen LogP contribution in [0.15, 0.2) is 54.2 Å². The number of allylic oxidation sites excluding steroid dienone is 1. The van der Waals surface area contributed by atoms with Crippen molar-refractivity contribution >= 4 is 17.0 Å². The maximum absolute atomic E-state index is 13.7.